The van der Waals surface area contributed by atoms with Crippen LogP contribution in [0.3, 0.4) is 0 Å². The summed E-state index contributed by atoms with van der Waals surface area (Å²) in [5.41, 5.74) is 1.03. The molecular weight excluding hydrogens is 211 g/mol. The molecule has 1 aromatic heterocycles. The maximum atomic E-state index is 12.7. The molecular formula is C11H9FN2O2. The van der Waals surface area contributed by atoms with Crippen molar-refractivity contribution in [2.45, 2.75) is 0 Å². The summed E-state index contributed by atoms with van der Waals surface area (Å²) >= 11 is 0. The average molecular weight is 220 g/mol. The lowest BCUT2D eigenvalue weighted by atomic mass is 10.1. The number of benzene rings is 1. The molecule has 1 N–H and O–H groups in total. The summed E-state index contributed by atoms with van der Waals surface area (Å²) in [6.07, 6.45) is 0.529. The topological polar surface area (TPSA) is 55.1 Å². The lowest BCUT2D eigenvalue weighted by Gasteiger charge is -1.96. The van der Waals surface area contributed by atoms with E-state index in [2.05, 4.69) is 5.10 Å². The van der Waals surface area contributed by atoms with Gasteiger partial charge in [-0.15, -0.1) is 0 Å². The van der Waals surface area contributed by atoms with Gasteiger partial charge in [-0.05, 0) is 24.3 Å². The fraction of sp³-hybridized carbons (Fsp3) is 0.0909. The van der Waals surface area contributed by atoms with E-state index >= 15 is 0 Å². The highest BCUT2D eigenvalue weighted by Gasteiger charge is 2.15. The molecule has 2 aromatic rings. The standard InChI is InChI=1S/C11H9FN2O2/c1-14-11(16)9(6-15)10(13-14)7-2-4-8(12)5-3-7/h2-6,16H,1H3. The summed E-state index contributed by atoms with van der Waals surface area (Å²) in [6, 6.07) is 5.56. The number of rotatable bonds is 2. The molecule has 0 radical (unpaired) electrons. The molecule has 1 heterocycles. The Bertz CT molecular complexity index is 532. The van der Waals surface area contributed by atoms with Gasteiger partial charge in [0.1, 0.15) is 17.1 Å². The Kier molecular flexibility index (Phi) is 2.44. The third-order valence-corrected chi connectivity index (χ3v) is 2.29. The lowest BCUT2D eigenvalue weighted by molar-refractivity contribution is 0.112. The molecule has 0 fully saturated rings. The zero-order valence-electron chi connectivity index (χ0n) is 8.51. The largest absolute Gasteiger partial charge is 0.493 e. The van der Waals surface area contributed by atoms with Gasteiger partial charge in [0.2, 0.25) is 5.88 Å². The Morgan fingerprint density at radius 3 is 2.56 bits per heavy atom. The van der Waals surface area contributed by atoms with E-state index in [4.69, 9.17) is 0 Å². The highest BCUT2D eigenvalue weighted by atomic mass is 19.1. The van der Waals surface area contributed by atoms with E-state index in [0.717, 1.165) is 0 Å². The first kappa shape index (κ1) is 10.4. The number of hydrogen-bond donors (Lipinski definition) is 1. The Morgan fingerprint density at radius 2 is 2.00 bits per heavy atom. The van der Waals surface area contributed by atoms with Gasteiger partial charge in [0.25, 0.3) is 0 Å². The average Bonchev–Trinajstić information content (AvgIpc) is 2.56. The van der Waals surface area contributed by atoms with Gasteiger partial charge in [0, 0.05) is 12.6 Å². The number of halogens is 1. The van der Waals surface area contributed by atoms with Crippen molar-refractivity contribution in [3.63, 3.8) is 0 Å². The number of aldehydes is 1. The Labute approximate surface area is 90.9 Å². The van der Waals surface area contributed by atoms with Crippen LogP contribution in [0.5, 0.6) is 5.88 Å². The van der Waals surface area contributed by atoms with Crippen molar-refractivity contribution in [3.05, 3.63) is 35.6 Å². The summed E-state index contributed by atoms with van der Waals surface area (Å²) in [5.74, 6) is -0.564. The Balaban J connectivity index is 2.59. The molecule has 16 heavy (non-hydrogen) atoms. The second kappa shape index (κ2) is 3.77. The number of carbonyl (C=O) groups excluding carboxylic acids is 1. The minimum Gasteiger partial charge on any atom is -0.493 e. The number of nitrogens with zero attached hydrogens (tertiary/aromatic N) is 2. The number of carbonyl (C=O) groups is 1. The van der Waals surface area contributed by atoms with Gasteiger partial charge in [-0.3, -0.25) is 4.79 Å². The molecule has 0 saturated heterocycles. The maximum Gasteiger partial charge on any atom is 0.220 e. The van der Waals surface area contributed by atoms with Gasteiger partial charge < -0.3 is 5.11 Å². The second-order valence-corrected chi connectivity index (χ2v) is 3.33. The first-order valence-electron chi connectivity index (χ1n) is 4.60. The minimum atomic E-state index is -0.364. The predicted molar refractivity (Wildman–Crippen MR) is 55.7 cm³/mol. The summed E-state index contributed by atoms with van der Waals surface area (Å²) in [4.78, 5) is 10.8. The Morgan fingerprint density at radius 1 is 1.38 bits per heavy atom. The monoisotopic (exact) mass is 220 g/mol. The fourth-order valence-corrected chi connectivity index (χ4v) is 1.46. The fourth-order valence-electron chi connectivity index (χ4n) is 1.46. The molecule has 0 unspecified atom stereocenters. The van der Waals surface area contributed by atoms with Gasteiger partial charge >= 0.3 is 0 Å². The molecule has 0 bridgehead atoms. The van der Waals surface area contributed by atoms with Crippen LogP contribution in [0.25, 0.3) is 11.3 Å². The van der Waals surface area contributed by atoms with Crippen molar-refractivity contribution >= 4 is 6.29 Å². The van der Waals surface area contributed by atoms with Crippen LogP contribution >= 0.6 is 0 Å². The van der Waals surface area contributed by atoms with Gasteiger partial charge in [-0.25, -0.2) is 9.07 Å². The van der Waals surface area contributed by atoms with Crippen LogP contribution in [-0.2, 0) is 7.05 Å². The van der Waals surface area contributed by atoms with Crippen LogP contribution in [0.2, 0.25) is 0 Å². The number of aromatic hydroxyl groups is 1. The van der Waals surface area contributed by atoms with Crippen LogP contribution in [-0.4, -0.2) is 21.2 Å². The van der Waals surface area contributed by atoms with E-state index < -0.39 is 0 Å². The molecule has 0 saturated carbocycles. The predicted octanol–water partition coefficient (Wildman–Crippen LogP) is 1.74. The molecule has 0 aliphatic rings. The minimum absolute atomic E-state index is 0.106. The van der Waals surface area contributed by atoms with Crippen LogP contribution < -0.4 is 0 Å². The summed E-state index contributed by atoms with van der Waals surface area (Å²) in [7, 11) is 1.52. The molecule has 0 aliphatic carbocycles. The highest BCUT2D eigenvalue weighted by Crippen LogP contribution is 2.27. The smallest absolute Gasteiger partial charge is 0.220 e. The maximum absolute atomic E-state index is 12.7. The SMILES string of the molecule is Cn1nc(-c2ccc(F)cc2)c(C=O)c1O. The Hall–Kier alpha value is -2.17. The van der Waals surface area contributed by atoms with Crippen LogP contribution in [0, 0.1) is 5.82 Å². The number of hydrogen-bond acceptors (Lipinski definition) is 3. The summed E-state index contributed by atoms with van der Waals surface area (Å²) in [5, 5.41) is 13.5. The lowest BCUT2D eigenvalue weighted by Crippen LogP contribution is -1.89. The zero-order valence-corrected chi connectivity index (χ0v) is 8.51. The van der Waals surface area contributed by atoms with Crippen LogP contribution in [0.4, 0.5) is 4.39 Å². The van der Waals surface area contributed by atoms with E-state index in [1.807, 2.05) is 0 Å². The third-order valence-electron chi connectivity index (χ3n) is 2.29. The molecule has 0 amide bonds. The van der Waals surface area contributed by atoms with Crippen molar-refractivity contribution in [1.82, 2.24) is 9.78 Å². The number of aromatic nitrogens is 2. The van der Waals surface area contributed by atoms with Gasteiger partial charge in [-0.1, -0.05) is 0 Å². The summed E-state index contributed by atoms with van der Waals surface area (Å²) < 4.78 is 13.9. The van der Waals surface area contributed by atoms with Crippen molar-refractivity contribution < 1.29 is 14.3 Å². The molecule has 0 aliphatic heterocycles. The van der Waals surface area contributed by atoms with E-state index in [9.17, 15) is 14.3 Å². The molecule has 4 nitrogen and oxygen atoms in total. The van der Waals surface area contributed by atoms with Crippen LogP contribution in [0.15, 0.2) is 24.3 Å². The van der Waals surface area contributed by atoms with E-state index in [0.29, 0.717) is 17.5 Å². The summed E-state index contributed by atoms with van der Waals surface area (Å²) in [6.45, 7) is 0. The normalized spacial score (nSPS) is 10.4. The van der Waals surface area contributed by atoms with Crippen molar-refractivity contribution in [2.75, 3.05) is 0 Å². The molecule has 0 spiro atoms. The molecule has 0 atom stereocenters. The molecule has 82 valence electrons. The van der Waals surface area contributed by atoms with Gasteiger partial charge in [0.15, 0.2) is 6.29 Å². The van der Waals surface area contributed by atoms with E-state index in [1.165, 1.54) is 36.0 Å². The van der Waals surface area contributed by atoms with Crippen molar-refractivity contribution in [1.29, 1.82) is 0 Å². The molecule has 1 aromatic carbocycles. The quantitative estimate of drug-likeness (QED) is 0.784. The van der Waals surface area contributed by atoms with Gasteiger partial charge in [0.05, 0.1) is 0 Å². The first-order valence-corrected chi connectivity index (χ1v) is 4.60. The molecule has 2 rings (SSSR count). The molecule has 5 heteroatoms. The van der Waals surface area contributed by atoms with E-state index in [1.54, 1.807) is 0 Å². The first-order chi connectivity index (χ1) is 7.63. The van der Waals surface area contributed by atoms with E-state index in [-0.39, 0.29) is 17.3 Å². The number of aryl methyl sites for hydroxylation is 1. The van der Waals surface area contributed by atoms with Crippen LogP contribution in [0.1, 0.15) is 10.4 Å². The van der Waals surface area contributed by atoms with Gasteiger partial charge in [-0.2, -0.15) is 5.10 Å². The highest BCUT2D eigenvalue weighted by molar-refractivity contribution is 5.88. The second-order valence-electron chi connectivity index (χ2n) is 3.33. The zero-order chi connectivity index (χ0) is 11.7. The van der Waals surface area contributed by atoms with Crippen molar-refractivity contribution in [2.24, 2.45) is 7.05 Å². The third kappa shape index (κ3) is 1.56. The van der Waals surface area contributed by atoms with Crippen molar-refractivity contribution in [3.8, 4) is 17.1 Å².